The van der Waals surface area contributed by atoms with E-state index in [-0.39, 0.29) is 0 Å². The van der Waals surface area contributed by atoms with E-state index in [0.29, 0.717) is 0 Å². The molecule has 1 nitrogen and oxygen atoms in total. The van der Waals surface area contributed by atoms with Crippen molar-refractivity contribution in [1.29, 1.82) is 0 Å². The first-order valence-electron chi connectivity index (χ1n) is 8.44. The van der Waals surface area contributed by atoms with Gasteiger partial charge in [0.15, 0.2) is 0 Å². The molecule has 0 amide bonds. The van der Waals surface area contributed by atoms with E-state index in [2.05, 4.69) is 33.0 Å². The average molecular weight is 253 g/mol. The zero-order valence-electron chi connectivity index (χ0n) is 13.2. The Morgan fingerprint density at radius 2 is 1.89 bits per heavy atom. The van der Waals surface area contributed by atoms with E-state index in [1.165, 1.54) is 57.9 Å². The molecule has 18 heavy (non-hydrogen) atoms. The lowest BCUT2D eigenvalue weighted by molar-refractivity contribution is 0.287. The Labute approximate surface area is 115 Å². The van der Waals surface area contributed by atoms with E-state index in [1.54, 1.807) is 0 Å². The molecule has 1 heteroatoms. The highest BCUT2D eigenvalue weighted by molar-refractivity contribution is 4.85. The summed E-state index contributed by atoms with van der Waals surface area (Å²) in [4.78, 5) is 0. The van der Waals surface area contributed by atoms with Crippen LogP contribution in [0.3, 0.4) is 0 Å². The second-order valence-electron chi connectivity index (χ2n) is 6.54. The van der Waals surface area contributed by atoms with Gasteiger partial charge in [-0.15, -0.1) is 0 Å². The van der Waals surface area contributed by atoms with Crippen molar-refractivity contribution in [2.24, 2.45) is 17.8 Å². The molecular formula is C17H35N. The molecule has 0 radical (unpaired) electrons. The number of hydrogen-bond donors (Lipinski definition) is 1. The normalized spacial score (nSPS) is 27.3. The van der Waals surface area contributed by atoms with Crippen LogP contribution >= 0.6 is 0 Å². The fourth-order valence-electron chi connectivity index (χ4n) is 3.67. The van der Waals surface area contributed by atoms with Crippen LogP contribution in [0, 0.1) is 17.8 Å². The van der Waals surface area contributed by atoms with Gasteiger partial charge in [-0.2, -0.15) is 0 Å². The van der Waals surface area contributed by atoms with Crippen LogP contribution in [0.2, 0.25) is 0 Å². The van der Waals surface area contributed by atoms with E-state index >= 15 is 0 Å². The minimum Gasteiger partial charge on any atom is -0.314 e. The molecule has 0 aromatic carbocycles. The van der Waals surface area contributed by atoms with Crippen molar-refractivity contribution in [3.05, 3.63) is 0 Å². The van der Waals surface area contributed by atoms with E-state index in [1.807, 2.05) is 0 Å². The van der Waals surface area contributed by atoms with E-state index in [4.69, 9.17) is 0 Å². The monoisotopic (exact) mass is 253 g/mol. The van der Waals surface area contributed by atoms with Crippen molar-refractivity contribution in [1.82, 2.24) is 5.32 Å². The third-order valence-electron chi connectivity index (χ3n) is 4.82. The third-order valence-corrected chi connectivity index (χ3v) is 4.82. The van der Waals surface area contributed by atoms with Crippen LogP contribution < -0.4 is 5.32 Å². The molecular weight excluding hydrogens is 218 g/mol. The molecule has 0 saturated heterocycles. The SMILES string of the molecule is CCCNC(CC(C)CCC)C1CCC(CC)C1. The maximum Gasteiger partial charge on any atom is 0.00979 e. The van der Waals surface area contributed by atoms with Crippen molar-refractivity contribution in [3.8, 4) is 0 Å². The van der Waals surface area contributed by atoms with Gasteiger partial charge in [-0.05, 0) is 50.0 Å². The number of nitrogens with one attached hydrogen (secondary N) is 1. The predicted octanol–water partition coefficient (Wildman–Crippen LogP) is 5.01. The summed E-state index contributed by atoms with van der Waals surface area (Å²) in [5.41, 5.74) is 0. The molecule has 4 atom stereocenters. The van der Waals surface area contributed by atoms with Gasteiger partial charge in [0.05, 0.1) is 0 Å². The smallest absolute Gasteiger partial charge is 0.00979 e. The first-order chi connectivity index (χ1) is 8.71. The lowest BCUT2D eigenvalue weighted by Crippen LogP contribution is -2.37. The largest absolute Gasteiger partial charge is 0.314 e. The minimum absolute atomic E-state index is 0.794. The van der Waals surface area contributed by atoms with Crippen LogP contribution in [0.25, 0.3) is 0 Å². The molecule has 0 aliphatic heterocycles. The minimum atomic E-state index is 0.794. The van der Waals surface area contributed by atoms with Gasteiger partial charge in [0, 0.05) is 6.04 Å². The fraction of sp³-hybridized carbons (Fsp3) is 1.00. The van der Waals surface area contributed by atoms with Gasteiger partial charge in [0.25, 0.3) is 0 Å². The molecule has 1 fully saturated rings. The van der Waals surface area contributed by atoms with Crippen molar-refractivity contribution in [2.75, 3.05) is 6.54 Å². The second kappa shape index (κ2) is 8.96. The maximum absolute atomic E-state index is 3.85. The molecule has 1 rings (SSSR count). The lowest BCUT2D eigenvalue weighted by atomic mass is 9.87. The lowest BCUT2D eigenvalue weighted by Gasteiger charge is -2.28. The summed E-state index contributed by atoms with van der Waals surface area (Å²) >= 11 is 0. The fourth-order valence-corrected chi connectivity index (χ4v) is 3.67. The number of rotatable bonds is 9. The van der Waals surface area contributed by atoms with E-state index in [0.717, 1.165) is 23.8 Å². The van der Waals surface area contributed by atoms with Crippen molar-refractivity contribution >= 4 is 0 Å². The standard InChI is InChI=1S/C17H35N/c1-5-8-14(4)12-17(18-11-6-2)16-10-9-15(7-3)13-16/h14-18H,5-13H2,1-4H3. The van der Waals surface area contributed by atoms with Crippen LogP contribution in [0.15, 0.2) is 0 Å². The number of hydrogen-bond acceptors (Lipinski definition) is 1. The van der Waals surface area contributed by atoms with Gasteiger partial charge < -0.3 is 5.32 Å². The summed E-state index contributed by atoms with van der Waals surface area (Å²) in [6.45, 7) is 10.6. The van der Waals surface area contributed by atoms with Crippen LogP contribution in [0.5, 0.6) is 0 Å². The molecule has 1 saturated carbocycles. The molecule has 0 aromatic rings. The van der Waals surface area contributed by atoms with Crippen LogP contribution in [-0.2, 0) is 0 Å². The molecule has 4 unspecified atom stereocenters. The Morgan fingerprint density at radius 1 is 1.11 bits per heavy atom. The van der Waals surface area contributed by atoms with Gasteiger partial charge in [0.2, 0.25) is 0 Å². The van der Waals surface area contributed by atoms with E-state index in [9.17, 15) is 0 Å². The van der Waals surface area contributed by atoms with Crippen LogP contribution in [-0.4, -0.2) is 12.6 Å². The molecule has 0 aromatic heterocycles. The van der Waals surface area contributed by atoms with Gasteiger partial charge >= 0.3 is 0 Å². The summed E-state index contributed by atoms with van der Waals surface area (Å²) < 4.78 is 0. The zero-order valence-corrected chi connectivity index (χ0v) is 13.2. The maximum atomic E-state index is 3.85. The first-order valence-corrected chi connectivity index (χ1v) is 8.44. The van der Waals surface area contributed by atoms with Crippen molar-refractivity contribution in [2.45, 2.75) is 85.1 Å². The highest BCUT2D eigenvalue weighted by atomic mass is 14.9. The molecule has 108 valence electrons. The Balaban J connectivity index is 2.44. The summed E-state index contributed by atoms with van der Waals surface area (Å²) in [5.74, 6) is 2.87. The molecule has 1 aliphatic carbocycles. The second-order valence-corrected chi connectivity index (χ2v) is 6.54. The van der Waals surface area contributed by atoms with Gasteiger partial charge in [-0.1, -0.05) is 53.4 Å². The zero-order chi connectivity index (χ0) is 13.4. The van der Waals surface area contributed by atoms with Crippen molar-refractivity contribution < 1.29 is 0 Å². The molecule has 1 aliphatic rings. The Morgan fingerprint density at radius 3 is 2.44 bits per heavy atom. The first kappa shape index (κ1) is 16.0. The van der Waals surface area contributed by atoms with Gasteiger partial charge in [-0.25, -0.2) is 0 Å². The van der Waals surface area contributed by atoms with Crippen LogP contribution in [0.1, 0.15) is 79.1 Å². The summed E-state index contributed by atoms with van der Waals surface area (Å²) in [6, 6.07) is 0.794. The predicted molar refractivity (Wildman–Crippen MR) is 81.9 cm³/mol. The third kappa shape index (κ3) is 5.30. The summed E-state index contributed by atoms with van der Waals surface area (Å²) in [7, 11) is 0. The van der Waals surface area contributed by atoms with E-state index < -0.39 is 0 Å². The molecule has 0 spiro atoms. The van der Waals surface area contributed by atoms with Gasteiger partial charge in [0.1, 0.15) is 0 Å². The van der Waals surface area contributed by atoms with Crippen molar-refractivity contribution in [3.63, 3.8) is 0 Å². The Bertz CT molecular complexity index is 202. The Kier molecular flexibility index (Phi) is 7.97. The highest BCUT2D eigenvalue weighted by Crippen LogP contribution is 2.36. The summed E-state index contributed by atoms with van der Waals surface area (Å²) in [5, 5.41) is 3.85. The molecule has 1 N–H and O–H groups in total. The molecule has 0 heterocycles. The Hall–Kier alpha value is -0.0400. The highest BCUT2D eigenvalue weighted by Gasteiger charge is 2.30. The average Bonchev–Trinajstić information content (AvgIpc) is 2.83. The van der Waals surface area contributed by atoms with Crippen LogP contribution in [0.4, 0.5) is 0 Å². The summed E-state index contributed by atoms with van der Waals surface area (Å²) in [6.07, 6.45) is 11.2. The van der Waals surface area contributed by atoms with Gasteiger partial charge in [-0.3, -0.25) is 0 Å². The topological polar surface area (TPSA) is 12.0 Å². The molecule has 0 bridgehead atoms. The quantitative estimate of drug-likeness (QED) is 0.609.